The zero-order valence-corrected chi connectivity index (χ0v) is 20.0. The predicted octanol–water partition coefficient (Wildman–Crippen LogP) is 6.22. The number of alkyl halides is 6. The largest absolute Gasteiger partial charge is 0.490 e. The van der Waals surface area contributed by atoms with Crippen molar-refractivity contribution in [3.05, 3.63) is 65.5 Å². The third-order valence-electron chi connectivity index (χ3n) is 4.51. The normalized spacial score (nSPS) is 11.1. The first-order chi connectivity index (χ1) is 17.6. The minimum Gasteiger partial charge on any atom is -0.475 e. The SMILES string of the molecule is CNc1cc(Oc2c(C)cc(NC(=O)Nc3cccc(C(F)(F)F)c3)cc2C)ncn1.O=C(O)C(F)(F)F. The number of nitrogens with one attached hydrogen (secondary N) is 3. The van der Waals surface area contributed by atoms with Gasteiger partial charge in [0.2, 0.25) is 5.88 Å². The number of amides is 2. The number of nitrogens with zero attached hydrogens (tertiary/aromatic N) is 2. The molecule has 0 aliphatic heterocycles. The van der Waals surface area contributed by atoms with Crippen molar-refractivity contribution >= 4 is 29.2 Å². The predicted molar refractivity (Wildman–Crippen MR) is 125 cm³/mol. The maximum absolute atomic E-state index is 12.8. The highest BCUT2D eigenvalue weighted by atomic mass is 19.4. The monoisotopic (exact) mass is 545 g/mol. The van der Waals surface area contributed by atoms with Crippen LogP contribution in [0, 0.1) is 13.8 Å². The average Bonchev–Trinajstić information content (AvgIpc) is 2.81. The smallest absolute Gasteiger partial charge is 0.475 e. The quantitative estimate of drug-likeness (QED) is 0.280. The Morgan fingerprint density at radius 3 is 2.00 bits per heavy atom. The number of carboxylic acid groups (broad SMARTS) is 1. The topological polar surface area (TPSA) is 125 Å². The summed E-state index contributed by atoms with van der Waals surface area (Å²) in [5, 5.41) is 15.0. The van der Waals surface area contributed by atoms with Gasteiger partial charge in [0.05, 0.1) is 5.56 Å². The lowest BCUT2D eigenvalue weighted by atomic mass is 10.1. The Kier molecular flexibility index (Phi) is 9.46. The molecule has 204 valence electrons. The fraction of sp³-hybridized carbons (Fsp3) is 0.217. The highest BCUT2D eigenvalue weighted by Crippen LogP contribution is 2.32. The Morgan fingerprint density at radius 2 is 1.47 bits per heavy atom. The molecule has 1 aromatic heterocycles. The molecule has 9 nitrogen and oxygen atoms in total. The van der Waals surface area contributed by atoms with Crippen LogP contribution in [0.15, 0.2) is 48.8 Å². The van der Waals surface area contributed by atoms with Gasteiger partial charge in [0.25, 0.3) is 0 Å². The van der Waals surface area contributed by atoms with Crippen LogP contribution < -0.4 is 20.7 Å². The molecule has 4 N–H and O–H groups in total. The molecule has 38 heavy (non-hydrogen) atoms. The number of ether oxygens (including phenoxy) is 1. The van der Waals surface area contributed by atoms with Gasteiger partial charge in [-0.05, 0) is 55.3 Å². The van der Waals surface area contributed by atoms with Crippen LogP contribution in [0.2, 0.25) is 0 Å². The number of hydrogen-bond acceptors (Lipinski definition) is 6. The van der Waals surface area contributed by atoms with Crippen molar-refractivity contribution in [2.24, 2.45) is 0 Å². The van der Waals surface area contributed by atoms with Crippen LogP contribution in [0.1, 0.15) is 16.7 Å². The molecule has 0 spiro atoms. The minimum absolute atomic E-state index is 0.0322. The number of aromatic nitrogens is 2. The highest BCUT2D eigenvalue weighted by Gasteiger charge is 2.38. The molecular weight excluding hydrogens is 524 g/mol. The van der Waals surface area contributed by atoms with Gasteiger partial charge < -0.3 is 25.8 Å². The summed E-state index contributed by atoms with van der Waals surface area (Å²) in [5.74, 6) is -1.23. The number of benzene rings is 2. The summed E-state index contributed by atoms with van der Waals surface area (Å²) in [7, 11) is 1.73. The average molecular weight is 545 g/mol. The van der Waals surface area contributed by atoms with Crippen molar-refractivity contribution in [3.63, 3.8) is 0 Å². The molecule has 0 atom stereocenters. The molecule has 0 unspecified atom stereocenters. The van der Waals surface area contributed by atoms with E-state index in [-0.39, 0.29) is 5.69 Å². The zero-order valence-electron chi connectivity index (χ0n) is 20.0. The van der Waals surface area contributed by atoms with E-state index in [1.54, 1.807) is 39.1 Å². The summed E-state index contributed by atoms with van der Waals surface area (Å²) in [6, 6.07) is 8.77. The zero-order chi connectivity index (χ0) is 28.7. The van der Waals surface area contributed by atoms with Gasteiger partial charge in [-0.2, -0.15) is 26.3 Å². The van der Waals surface area contributed by atoms with Crippen molar-refractivity contribution in [1.82, 2.24) is 9.97 Å². The summed E-state index contributed by atoms with van der Waals surface area (Å²) in [5.41, 5.74) is 1.12. The first kappa shape index (κ1) is 29.7. The fourth-order valence-corrected chi connectivity index (χ4v) is 2.89. The van der Waals surface area contributed by atoms with Gasteiger partial charge in [0.1, 0.15) is 17.9 Å². The van der Waals surface area contributed by atoms with Crippen LogP contribution in [0.5, 0.6) is 11.6 Å². The van der Waals surface area contributed by atoms with Gasteiger partial charge in [-0.3, -0.25) is 0 Å². The van der Waals surface area contributed by atoms with Gasteiger partial charge in [0.15, 0.2) is 0 Å². The molecule has 1 heterocycles. The van der Waals surface area contributed by atoms with E-state index >= 15 is 0 Å². The van der Waals surface area contributed by atoms with E-state index in [2.05, 4.69) is 25.9 Å². The van der Waals surface area contributed by atoms with E-state index in [0.717, 1.165) is 23.3 Å². The number of urea groups is 1. The molecule has 3 rings (SSSR count). The lowest BCUT2D eigenvalue weighted by Crippen LogP contribution is -2.21. The van der Waals surface area contributed by atoms with Crippen molar-refractivity contribution in [2.45, 2.75) is 26.2 Å². The fourth-order valence-electron chi connectivity index (χ4n) is 2.89. The summed E-state index contributed by atoms with van der Waals surface area (Å²) < 4.78 is 76.1. The summed E-state index contributed by atoms with van der Waals surface area (Å²) >= 11 is 0. The maximum Gasteiger partial charge on any atom is 0.490 e. The Labute approximate surface area is 211 Å². The third-order valence-corrected chi connectivity index (χ3v) is 4.51. The molecular formula is C23H21F6N5O4. The summed E-state index contributed by atoms with van der Waals surface area (Å²) in [6.07, 6.45) is -8.20. The van der Waals surface area contributed by atoms with Crippen LogP contribution in [-0.2, 0) is 11.0 Å². The summed E-state index contributed by atoms with van der Waals surface area (Å²) in [4.78, 5) is 29.2. The molecule has 2 aromatic carbocycles. The summed E-state index contributed by atoms with van der Waals surface area (Å²) in [6.45, 7) is 3.61. The first-order valence-corrected chi connectivity index (χ1v) is 10.4. The Bertz CT molecular complexity index is 1270. The number of aryl methyl sites for hydroxylation is 2. The third kappa shape index (κ3) is 8.83. The van der Waals surface area contributed by atoms with Gasteiger partial charge in [0, 0.05) is 24.5 Å². The molecule has 0 aliphatic carbocycles. The van der Waals surface area contributed by atoms with Gasteiger partial charge in [-0.15, -0.1) is 0 Å². The lowest BCUT2D eigenvalue weighted by Gasteiger charge is -2.15. The number of halogens is 6. The van der Waals surface area contributed by atoms with Gasteiger partial charge in [-0.1, -0.05) is 6.07 Å². The van der Waals surface area contributed by atoms with E-state index < -0.39 is 29.9 Å². The van der Waals surface area contributed by atoms with Crippen LogP contribution >= 0.6 is 0 Å². The van der Waals surface area contributed by atoms with E-state index in [1.165, 1.54) is 18.5 Å². The second kappa shape index (κ2) is 12.1. The molecule has 2 amide bonds. The van der Waals surface area contributed by atoms with Crippen LogP contribution in [0.3, 0.4) is 0 Å². The lowest BCUT2D eigenvalue weighted by molar-refractivity contribution is -0.192. The van der Waals surface area contributed by atoms with Crippen molar-refractivity contribution in [1.29, 1.82) is 0 Å². The Morgan fingerprint density at radius 1 is 0.895 bits per heavy atom. The molecule has 3 aromatic rings. The number of hydrogen-bond donors (Lipinski definition) is 4. The van der Waals surface area contributed by atoms with Crippen LogP contribution in [-0.4, -0.2) is 40.3 Å². The van der Waals surface area contributed by atoms with Crippen LogP contribution in [0.4, 0.5) is 48.3 Å². The second-order valence-electron chi connectivity index (χ2n) is 7.49. The highest BCUT2D eigenvalue weighted by molar-refractivity contribution is 6.00. The number of anilines is 3. The Balaban J connectivity index is 0.000000638. The van der Waals surface area contributed by atoms with Gasteiger partial charge >= 0.3 is 24.4 Å². The number of rotatable bonds is 5. The van der Waals surface area contributed by atoms with E-state index in [4.69, 9.17) is 14.6 Å². The second-order valence-corrected chi connectivity index (χ2v) is 7.49. The Hall–Kier alpha value is -4.56. The van der Waals surface area contributed by atoms with E-state index in [9.17, 15) is 31.1 Å². The number of aliphatic carboxylic acids is 1. The molecule has 15 heteroatoms. The molecule has 0 bridgehead atoms. The first-order valence-electron chi connectivity index (χ1n) is 10.4. The molecule has 0 radical (unpaired) electrons. The van der Waals surface area contributed by atoms with E-state index in [1.807, 2.05) is 0 Å². The molecule has 0 saturated heterocycles. The molecule has 0 aliphatic rings. The van der Waals surface area contributed by atoms with Crippen molar-refractivity contribution in [3.8, 4) is 11.6 Å². The van der Waals surface area contributed by atoms with Gasteiger partial charge in [-0.25, -0.2) is 19.6 Å². The van der Waals surface area contributed by atoms with Crippen molar-refractivity contribution < 1.29 is 45.8 Å². The maximum atomic E-state index is 12.8. The van der Waals surface area contributed by atoms with E-state index in [0.29, 0.717) is 23.1 Å². The number of carbonyl (C=O) groups excluding carboxylic acids is 1. The number of carbonyl (C=O) groups is 2. The standard InChI is InChI=1S/C21H20F3N5O2.C2HF3O2/c1-12-7-16(8-13(2)19(12)31-18-10-17(25-3)26-11-27-18)29-20(30)28-15-6-4-5-14(9-15)21(22,23)24;3-2(4,5)1(6)7/h4-11H,1-3H3,(H,25,26,27)(H2,28,29,30);(H,6,7). The molecule has 0 fully saturated rings. The molecule has 0 saturated carbocycles. The van der Waals surface area contributed by atoms with Crippen LogP contribution in [0.25, 0.3) is 0 Å². The van der Waals surface area contributed by atoms with Crippen molar-refractivity contribution in [2.75, 3.05) is 23.0 Å². The number of carboxylic acids is 1. The minimum atomic E-state index is -5.08.